The van der Waals surface area contributed by atoms with Crippen LogP contribution in [0.3, 0.4) is 0 Å². The van der Waals surface area contributed by atoms with Gasteiger partial charge in [-0.1, -0.05) is 11.8 Å². The number of amides is 1. The van der Waals surface area contributed by atoms with Gasteiger partial charge in [-0.05, 0) is 6.42 Å². The molecule has 64 valence electrons. The SMILES string of the molecule is NC(=O)SCC[C@@H](N)C(=O)O. The molecule has 0 aliphatic heterocycles. The molecule has 0 rings (SSSR count). The van der Waals surface area contributed by atoms with Crippen LogP contribution in [0.5, 0.6) is 0 Å². The summed E-state index contributed by atoms with van der Waals surface area (Å²) in [6, 6.07) is -0.901. The van der Waals surface area contributed by atoms with E-state index in [0.717, 1.165) is 11.8 Å². The van der Waals surface area contributed by atoms with Crippen LogP contribution in [-0.2, 0) is 4.79 Å². The summed E-state index contributed by atoms with van der Waals surface area (Å²) in [5, 5.41) is 7.79. The van der Waals surface area contributed by atoms with Crippen molar-refractivity contribution in [3.8, 4) is 0 Å². The Balaban J connectivity index is 3.39. The summed E-state index contributed by atoms with van der Waals surface area (Å²) in [6.07, 6.45) is 0.253. The standard InChI is InChI=1S/C5H10N2O3S/c6-3(4(8)9)1-2-11-5(7)10/h3H,1-2,6H2,(H2,7,10)(H,8,9)/t3-/m1/s1. The summed E-state index contributed by atoms with van der Waals surface area (Å²) in [7, 11) is 0. The summed E-state index contributed by atoms with van der Waals surface area (Å²) in [4.78, 5) is 20.3. The van der Waals surface area contributed by atoms with E-state index in [0.29, 0.717) is 5.75 Å². The lowest BCUT2D eigenvalue weighted by molar-refractivity contribution is -0.138. The molecule has 0 radical (unpaired) electrons. The van der Waals surface area contributed by atoms with Crippen LogP contribution in [0.4, 0.5) is 4.79 Å². The van der Waals surface area contributed by atoms with Gasteiger partial charge in [-0.3, -0.25) is 9.59 Å². The maximum absolute atomic E-state index is 10.1. The predicted octanol–water partition coefficient (Wildman–Crippen LogP) is -0.400. The van der Waals surface area contributed by atoms with E-state index in [9.17, 15) is 9.59 Å². The van der Waals surface area contributed by atoms with Crippen LogP contribution < -0.4 is 11.5 Å². The lowest BCUT2D eigenvalue weighted by Gasteiger charge is -2.02. The lowest BCUT2D eigenvalue weighted by atomic mass is 10.2. The monoisotopic (exact) mass is 178 g/mol. The molecule has 0 aliphatic carbocycles. The third kappa shape index (κ3) is 5.68. The fourth-order valence-electron chi connectivity index (χ4n) is 0.410. The van der Waals surface area contributed by atoms with Crippen molar-refractivity contribution < 1.29 is 14.7 Å². The third-order valence-electron chi connectivity index (χ3n) is 0.990. The van der Waals surface area contributed by atoms with E-state index in [1.165, 1.54) is 0 Å². The maximum Gasteiger partial charge on any atom is 0.320 e. The molecule has 6 heteroatoms. The normalized spacial score (nSPS) is 12.5. The number of hydrogen-bond acceptors (Lipinski definition) is 4. The van der Waals surface area contributed by atoms with Crippen molar-refractivity contribution in [2.24, 2.45) is 11.5 Å². The smallest absolute Gasteiger partial charge is 0.320 e. The fraction of sp³-hybridized carbons (Fsp3) is 0.600. The molecule has 0 aromatic carbocycles. The number of rotatable bonds is 4. The average molecular weight is 178 g/mol. The molecule has 0 fully saturated rings. The van der Waals surface area contributed by atoms with Crippen LogP contribution in [0.1, 0.15) is 6.42 Å². The molecular weight excluding hydrogens is 168 g/mol. The number of nitrogens with two attached hydrogens (primary N) is 2. The summed E-state index contributed by atoms with van der Waals surface area (Å²) in [6.45, 7) is 0. The lowest BCUT2D eigenvalue weighted by Crippen LogP contribution is -2.30. The second kappa shape index (κ2) is 4.97. The molecule has 5 N–H and O–H groups in total. The number of carbonyl (C=O) groups is 2. The van der Waals surface area contributed by atoms with Gasteiger partial charge in [-0.2, -0.15) is 0 Å². The van der Waals surface area contributed by atoms with Gasteiger partial charge in [0.15, 0.2) is 0 Å². The van der Waals surface area contributed by atoms with E-state index in [-0.39, 0.29) is 6.42 Å². The van der Waals surface area contributed by atoms with E-state index in [2.05, 4.69) is 0 Å². The molecule has 0 aromatic heterocycles. The molecule has 0 unspecified atom stereocenters. The Morgan fingerprint density at radius 3 is 2.45 bits per heavy atom. The molecule has 0 aromatic rings. The van der Waals surface area contributed by atoms with Gasteiger partial charge in [0.2, 0.25) is 0 Å². The van der Waals surface area contributed by atoms with Crippen molar-refractivity contribution in [1.29, 1.82) is 0 Å². The number of primary amides is 1. The molecule has 0 heterocycles. The van der Waals surface area contributed by atoms with E-state index in [1.54, 1.807) is 0 Å². The van der Waals surface area contributed by atoms with Gasteiger partial charge >= 0.3 is 5.97 Å². The summed E-state index contributed by atoms with van der Waals surface area (Å²) >= 11 is 0.873. The first kappa shape index (κ1) is 10.2. The van der Waals surface area contributed by atoms with E-state index in [4.69, 9.17) is 16.6 Å². The minimum atomic E-state index is -1.06. The Bertz CT molecular complexity index is 162. The predicted molar refractivity (Wildman–Crippen MR) is 42.3 cm³/mol. The topological polar surface area (TPSA) is 106 Å². The highest BCUT2D eigenvalue weighted by molar-refractivity contribution is 8.13. The van der Waals surface area contributed by atoms with Crippen molar-refractivity contribution in [3.63, 3.8) is 0 Å². The molecule has 11 heavy (non-hydrogen) atoms. The van der Waals surface area contributed by atoms with Crippen LogP contribution >= 0.6 is 11.8 Å². The van der Waals surface area contributed by atoms with Gasteiger partial charge in [-0.25, -0.2) is 0 Å². The molecular formula is C5H10N2O3S. The Labute approximate surface area is 68.1 Å². The van der Waals surface area contributed by atoms with Crippen LogP contribution in [0.2, 0.25) is 0 Å². The minimum absolute atomic E-state index is 0.253. The number of thioether (sulfide) groups is 1. The van der Waals surface area contributed by atoms with E-state index >= 15 is 0 Å². The van der Waals surface area contributed by atoms with Crippen molar-refractivity contribution in [3.05, 3.63) is 0 Å². The van der Waals surface area contributed by atoms with Crippen LogP contribution in [-0.4, -0.2) is 28.1 Å². The number of carbonyl (C=O) groups excluding carboxylic acids is 1. The van der Waals surface area contributed by atoms with Gasteiger partial charge < -0.3 is 16.6 Å². The molecule has 0 saturated carbocycles. The quantitative estimate of drug-likeness (QED) is 0.543. The van der Waals surface area contributed by atoms with Gasteiger partial charge in [0, 0.05) is 5.75 Å². The summed E-state index contributed by atoms with van der Waals surface area (Å²) in [5.41, 5.74) is 9.93. The number of aliphatic carboxylic acids is 1. The highest BCUT2D eigenvalue weighted by Crippen LogP contribution is 2.02. The molecule has 0 spiro atoms. The summed E-state index contributed by atoms with van der Waals surface area (Å²) < 4.78 is 0. The molecule has 5 nitrogen and oxygen atoms in total. The third-order valence-corrected chi connectivity index (χ3v) is 1.71. The van der Waals surface area contributed by atoms with E-state index in [1.807, 2.05) is 0 Å². The van der Waals surface area contributed by atoms with Gasteiger partial charge in [-0.15, -0.1) is 0 Å². The highest BCUT2D eigenvalue weighted by Gasteiger charge is 2.10. The minimum Gasteiger partial charge on any atom is -0.480 e. The Morgan fingerprint density at radius 2 is 2.09 bits per heavy atom. The second-order valence-electron chi connectivity index (χ2n) is 1.90. The Morgan fingerprint density at radius 1 is 1.55 bits per heavy atom. The van der Waals surface area contributed by atoms with Crippen LogP contribution in [0.15, 0.2) is 0 Å². The maximum atomic E-state index is 10.1. The second-order valence-corrected chi connectivity index (χ2v) is 3.00. The Kier molecular flexibility index (Phi) is 4.64. The average Bonchev–Trinajstić information content (AvgIpc) is 1.86. The molecule has 0 saturated heterocycles. The van der Waals surface area contributed by atoms with Crippen molar-refractivity contribution in [1.82, 2.24) is 0 Å². The number of carboxylic acid groups (broad SMARTS) is 1. The summed E-state index contributed by atoms with van der Waals surface area (Å²) in [5.74, 6) is -0.710. The number of hydrogen-bond donors (Lipinski definition) is 3. The van der Waals surface area contributed by atoms with Gasteiger partial charge in [0.1, 0.15) is 6.04 Å². The molecule has 0 bridgehead atoms. The van der Waals surface area contributed by atoms with Crippen molar-refractivity contribution >= 4 is 23.0 Å². The zero-order valence-corrected chi connectivity index (χ0v) is 6.63. The molecule has 1 amide bonds. The molecule has 1 atom stereocenters. The highest BCUT2D eigenvalue weighted by atomic mass is 32.2. The largest absolute Gasteiger partial charge is 0.480 e. The first-order valence-corrected chi connectivity index (χ1v) is 3.93. The Hall–Kier alpha value is -0.750. The first-order valence-electron chi connectivity index (χ1n) is 2.94. The first-order chi connectivity index (χ1) is 5.04. The zero-order chi connectivity index (χ0) is 8.85. The fourth-order valence-corrected chi connectivity index (χ4v) is 0.983. The zero-order valence-electron chi connectivity index (χ0n) is 5.82. The van der Waals surface area contributed by atoms with Gasteiger partial charge in [0.25, 0.3) is 5.24 Å². The number of carboxylic acids is 1. The van der Waals surface area contributed by atoms with Crippen LogP contribution in [0.25, 0.3) is 0 Å². The van der Waals surface area contributed by atoms with Gasteiger partial charge in [0.05, 0.1) is 0 Å². The van der Waals surface area contributed by atoms with Crippen LogP contribution in [0, 0.1) is 0 Å². The van der Waals surface area contributed by atoms with Crippen molar-refractivity contribution in [2.75, 3.05) is 5.75 Å². The van der Waals surface area contributed by atoms with E-state index < -0.39 is 17.3 Å². The molecule has 0 aliphatic rings. The van der Waals surface area contributed by atoms with Crippen molar-refractivity contribution in [2.45, 2.75) is 12.5 Å².